The van der Waals surface area contributed by atoms with Crippen LogP contribution in [0.5, 0.6) is 0 Å². The minimum atomic E-state index is -0.475. The van der Waals surface area contributed by atoms with Crippen LogP contribution in [0.3, 0.4) is 0 Å². The zero-order valence-corrected chi connectivity index (χ0v) is 10.8. The molecule has 0 saturated carbocycles. The lowest BCUT2D eigenvalue weighted by Crippen LogP contribution is -2.46. The molecule has 0 spiro atoms. The number of para-hydroxylation sites is 1. The van der Waals surface area contributed by atoms with Crippen LogP contribution in [0.2, 0.25) is 0 Å². The lowest BCUT2D eigenvalue weighted by Gasteiger charge is -2.32. The van der Waals surface area contributed by atoms with Crippen molar-refractivity contribution >= 4 is 11.6 Å². The normalized spacial score (nSPS) is 17.6. The molecule has 1 aliphatic rings. The van der Waals surface area contributed by atoms with E-state index in [1.54, 1.807) is 4.90 Å². The Kier molecular flexibility index (Phi) is 3.12. The smallest absolute Gasteiger partial charge is 0.335 e. The molecule has 0 aliphatic carbocycles. The molecule has 1 unspecified atom stereocenters. The third-order valence-corrected chi connectivity index (χ3v) is 3.37. The minimum absolute atomic E-state index is 0.0930. The van der Waals surface area contributed by atoms with E-state index in [0.29, 0.717) is 12.1 Å². The van der Waals surface area contributed by atoms with Crippen LogP contribution < -0.4 is 16.3 Å². The molecular weight excluding hydrogens is 256 g/mol. The Morgan fingerprint density at radius 1 is 1.25 bits per heavy atom. The van der Waals surface area contributed by atoms with Gasteiger partial charge in [-0.25, -0.2) is 4.79 Å². The number of anilines is 1. The van der Waals surface area contributed by atoms with Gasteiger partial charge in [0.15, 0.2) is 0 Å². The average Bonchev–Trinajstić information content (AvgIpc) is 2.46. The third-order valence-electron chi connectivity index (χ3n) is 3.37. The van der Waals surface area contributed by atoms with Crippen LogP contribution in [0, 0.1) is 0 Å². The van der Waals surface area contributed by atoms with Crippen LogP contribution in [0.25, 0.3) is 0 Å². The SMILES string of the molecule is NC1Cc2ccccc2N(C(=O)c2ccc(=O)oc2)C1. The topological polar surface area (TPSA) is 76.5 Å². The first-order valence-electron chi connectivity index (χ1n) is 6.39. The molecule has 2 heterocycles. The molecule has 2 aromatic rings. The van der Waals surface area contributed by atoms with Gasteiger partial charge in [0, 0.05) is 24.3 Å². The third kappa shape index (κ3) is 2.23. The fraction of sp³-hybridized carbons (Fsp3) is 0.200. The highest BCUT2D eigenvalue weighted by molar-refractivity contribution is 6.06. The van der Waals surface area contributed by atoms with Gasteiger partial charge in [-0.2, -0.15) is 0 Å². The van der Waals surface area contributed by atoms with Crippen LogP contribution in [0.4, 0.5) is 5.69 Å². The summed E-state index contributed by atoms with van der Waals surface area (Å²) in [7, 11) is 0. The Morgan fingerprint density at radius 3 is 2.80 bits per heavy atom. The van der Waals surface area contributed by atoms with Crippen molar-refractivity contribution < 1.29 is 9.21 Å². The summed E-state index contributed by atoms with van der Waals surface area (Å²) < 4.78 is 4.75. The second-order valence-corrected chi connectivity index (χ2v) is 4.85. The number of rotatable bonds is 1. The molecule has 5 nitrogen and oxygen atoms in total. The highest BCUT2D eigenvalue weighted by atomic mass is 16.4. The van der Waals surface area contributed by atoms with Gasteiger partial charge in [-0.15, -0.1) is 0 Å². The molecule has 5 heteroatoms. The number of hydrogen-bond donors (Lipinski definition) is 1. The van der Waals surface area contributed by atoms with Crippen molar-refractivity contribution in [3.05, 3.63) is 64.2 Å². The molecule has 0 fully saturated rings. The van der Waals surface area contributed by atoms with Gasteiger partial charge in [-0.1, -0.05) is 18.2 Å². The zero-order chi connectivity index (χ0) is 14.1. The first-order valence-corrected chi connectivity index (χ1v) is 6.39. The zero-order valence-electron chi connectivity index (χ0n) is 10.8. The summed E-state index contributed by atoms with van der Waals surface area (Å²) in [4.78, 5) is 25.1. The summed E-state index contributed by atoms with van der Waals surface area (Å²) in [5.74, 6) is -0.212. The molecule has 1 amide bonds. The summed E-state index contributed by atoms with van der Waals surface area (Å²) in [6.45, 7) is 0.453. The molecule has 3 rings (SSSR count). The van der Waals surface area contributed by atoms with E-state index in [1.165, 1.54) is 18.4 Å². The predicted molar refractivity (Wildman–Crippen MR) is 74.8 cm³/mol. The van der Waals surface area contributed by atoms with Gasteiger partial charge in [0.05, 0.1) is 5.56 Å². The maximum absolute atomic E-state index is 12.5. The number of fused-ring (bicyclic) bond motifs is 1. The number of nitrogens with two attached hydrogens (primary N) is 1. The maximum Gasteiger partial charge on any atom is 0.335 e. The van der Waals surface area contributed by atoms with Crippen molar-refractivity contribution in [1.29, 1.82) is 0 Å². The average molecular weight is 270 g/mol. The summed E-state index contributed by atoms with van der Waals surface area (Å²) >= 11 is 0. The van der Waals surface area contributed by atoms with Gasteiger partial charge >= 0.3 is 5.63 Å². The first kappa shape index (κ1) is 12.6. The van der Waals surface area contributed by atoms with E-state index >= 15 is 0 Å². The molecule has 0 radical (unpaired) electrons. The van der Waals surface area contributed by atoms with Crippen LogP contribution in [-0.2, 0) is 6.42 Å². The number of hydrogen-bond acceptors (Lipinski definition) is 4. The molecule has 0 saturated heterocycles. The van der Waals surface area contributed by atoms with E-state index in [2.05, 4.69) is 0 Å². The summed E-state index contributed by atoms with van der Waals surface area (Å²) in [5, 5.41) is 0. The summed E-state index contributed by atoms with van der Waals surface area (Å²) in [6, 6.07) is 10.3. The summed E-state index contributed by atoms with van der Waals surface area (Å²) in [5.41, 5.74) is 7.80. The highest BCUT2D eigenvalue weighted by Gasteiger charge is 2.27. The van der Waals surface area contributed by atoms with E-state index < -0.39 is 5.63 Å². The monoisotopic (exact) mass is 270 g/mol. The molecule has 1 aromatic carbocycles. The van der Waals surface area contributed by atoms with Gasteiger partial charge in [0.1, 0.15) is 6.26 Å². The fourth-order valence-corrected chi connectivity index (χ4v) is 2.45. The number of benzene rings is 1. The van der Waals surface area contributed by atoms with Gasteiger partial charge in [0.2, 0.25) is 0 Å². The van der Waals surface area contributed by atoms with Crippen molar-refractivity contribution in [2.24, 2.45) is 5.73 Å². The maximum atomic E-state index is 12.5. The molecule has 102 valence electrons. The van der Waals surface area contributed by atoms with E-state index in [0.717, 1.165) is 17.7 Å². The molecule has 2 N–H and O–H groups in total. The fourth-order valence-electron chi connectivity index (χ4n) is 2.45. The Hall–Kier alpha value is -2.40. The summed E-state index contributed by atoms with van der Waals surface area (Å²) in [6.07, 6.45) is 1.94. The van der Waals surface area contributed by atoms with Gasteiger partial charge in [-0.05, 0) is 24.1 Å². The highest BCUT2D eigenvalue weighted by Crippen LogP contribution is 2.27. The van der Waals surface area contributed by atoms with Crippen LogP contribution in [0.15, 0.2) is 51.9 Å². The number of carbonyl (C=O) groups excluding carboxylic acids is 1. The van der Waals surface area contributed by atoms with Crippen molar-refractivity contribution in [3.8, 4) is 0 Å². The van der Waals surface area contributed by atoms with Crippen LogP contribution in [-0.4, -0.2) is 18.5 Å². The predicted octanol–water partition coefficient (Wildman–Crippen LogP) is 1.17. The molecule has 1 aromatic heterocycles. The van der Waals surface area contributed by atoms with Crippen LogP contribution in [0.1, 0.15) is 15.9 Å². The lowest BCUT2D eigenvalue weighted by molar-refractivity contribution is 0.0981. The van der Waals surface area contributed by atoms with Crippen molar-refractivity contribution in [2.75, 3.05) is 11.4 Å². The van der Waals surface area contributed by atoms with E-state index in [4.69, 9.17) is 10.2 Å². The van der Waals surface area contributed by atoms with E-state index in [1.807, 2.05) is 24.3 Å². The Morgan fingerprint density at radius 2 is 2.05 bits per heavy atom. The number of amides is 1. The second-order valence-electron chi connectivity index (χ2n) is 4.85. The molecule has 20 heavy (non-hydrogen) atoms. The van der Waals surface area contributed by atoms with Gasteiger partial charge in [0.25, 0.3) is 5.91 Å². The quantitative estimate of drug-likeness (QED) is 0.844. The van der Waals surface area contributed by atoms with Gasteiger partial charge < -0.3 is 15.1 Å². The first-order chi connectivity index (χ1) is 9.65. The van der Waals surface area contributed by atoms with E-state index in [-0.39, 0.29) is 11.9 Å². The standard InChI is InChI=1S/C15H14N2O3/c16-12-7-10-3-1-2-4-13(10)17(8-12)15(19)11-5-6-14(18)20-9-11/h1-6,9,12H,7-8,16H2. The molecular formula is C15H14N2O3. The minimum Gasteiger partial charge on any atom is -0.430 e. The van der Waals surface area contributed by atoms with Gasteiger partial charge in [-0.3, -0.25) is 4.79 Å². The molecule has 1 aliphatic heterocycles. The van der Waals surface area contributed by atoms with Crippen molar-refractivity contribution in [3.63, 3.8) is 0 Å². The largest absolute Gasteiger partial charge is 0.430 e. The van der Waals surface area contributed by atoms with Crippen LogP contribution >= 0.6 is 0 Å². The lowest BCUT2D eigenvalue weighted by atomic mass is 9.98. The van der Waals surface area contributed by atoms with Crippen molar-refractivity contribution in [1.82, 2.24) is 0 Å². The number of carbonyl (C=O) groups is 1. The number of nitrogens with zero attached hydrogens (tertiary/aromatic N) is 1. The Balaban J connectivity index is 1.99. The molecule has 1 atom stereocenters. The van der Waals surface area contributed by atoms with Crippen molar-refractivity contribution in [2.45, 2.75) is 12.5 Å². The Labute approximate surface area is 115 Å². The van der Waals surface area contributed by atoms with E-state index in [9.17, 15) is 9.59 Å². The second kappa shape index (κ2) is 4.94. The Bertz CT molecular complexity index is 688. The molecule has 0 bridgehead atoms.